The predicted octanol–water partition coefficient (Wildman–Crippen LogP) is 1.53. The maximum atomic E-state index is 11.0. The third-order valence-electron chi connectivity index (χ3n) is 1.48. The molecule has 6 heteroatoms. The van der Waals surface area contributed by atoms with Gasteiger partial charge in [-0.15, -0.1) is 12.4 Å². The minimum atomic E-state index is -0.308. The zero-order valence-corrected chi connectivity index (χ0v) is 10.3. The van der Waals surface area contributed by atoms with Crippen molar-refractivity contribution in [2.75, 3.05) is 18.6 Å². The van der Waals surface area contributed by atoms with Crippen molar-refractivity contribution < 1.29 is 8.98 Å². The molecule has 1 N–H and O–H groups in total. The van der Waals surface area contributed by atoms with Gasteiger partial charge in [0, 0.05) is 12.9 Å². The topological polar surface area (TPSA) is 38.3 Å². The number of carbonyl (C=O) groups excluding carboxylic acids is 1. The Balaban J connectivity index is 0. The lowest BCUT2D eigenvalue weighted by molar-refractivity contribution is -0.135. The molecule has 1 atom stereocenters. The molecule has 0 radical (unpaired) electrons. The Morgan fingerprint density at radius 1 is 1.69 bits per heavy atom. The number of hydrogen-bond donors (Lipinski definition) is 2. The van der Waals surface area contributed by atoms with Crippen LogP contribution >= 0.6 is 37.1 Å². The van der Waals surface area contributed by atoms with Crippen molar-refractivity contribution in [1.82, 2.24) is 5.32 Å². The van der Waals surface area contributed by atoms with Crippen LogP contribution in [0.2, 0.25) is 0 Å². The summed E-state index contributed by atoms with van der Waals surface area (Å²) in [4.78, 5) is 11.0. The lowest BCUT2D eigenvalue weighted by Gasteiger charge is -2.11. The van der Waals surface area contributed by atoms with Gasteiger partial charge < -0.3 is 9.50 Å². The van der Waals surface area contributed by atoms with E-state index in [1.54, 1.807) is 18.8 Å². The average Bonchev–Trinajstić information content (AvgIpc) is 2.11. The van der Waals surface area contributed by atoms with E-state index in [0.29, 0.717) is 0 Å². The van der Waals surface area contributed by atoms with Gasteiger partial charge in [0.2, 0.25) is 0 Å². The number of halogens is 1. The Morgan fingerprint density at radius 3 is 2.69 bits per heavy atom. The van der Waals surface area contributed by atoms with Crippen LogP contribution in [-0.2, 0) is 8.98 Å². The molecule has 80 valence electrons. The summed E-state index contributed by atoms with van der Waals surface area (Å²) in [5.74, 6) is 1.73. The van der Waals surface area contributed by atoms with Gasteiger partial charge in [-0.2, -0.15) is 11.8 Å². The van der Waals surface area contributed by atoms with Gasteiger partial charge in [0.05, 0.1) is 0 Å². The van der Waals surface area contributed by atoms with Gasteiger partial charge in [0.25, 0.3) is 0 Å². The first kappa shape index (κ1) is 15.9. The van der Waals surface area contributed by atoms with E-state index in [-0.39, 0.29) is 24.4 Å². The normalized spacial score (nSPS) is 11.6. The standard InChI is InChI=1S/C7H15NO2S2.ClH/c1-3-12-5-4-6(8-2)7(9)10-11;/h6,8,11H,3-5H2,1-2H3;1H/t6-;/m0./s1. The zero-order valence-electron chi connectivity index (χ0n) is 7.78. The molecule has 0 amide bonds. The first-order chi connectivity index (χ1) is 5.76. The van der Waals surface area contributed by atoms with Crippen molar-refractivity contribution in [2.45, 2.75) is 19.4 Å². The first-order valence-corrected chi connectivity index (χ1v) is 5.38. The Morgan fingerprint density at radius 2 is 2.31 bits per heavy atom. The number of rotatable bonds is 6. The van der Waals surface area contributed by atoms with E-state index in [4.69, 9.17) is 0 Å². The molecule has 0 heterocycles. The highest BCUT2D eigenvalue weighted by atomic mass is 35.5. The Kier molecular flexibility index (Phi) is 12.8. The summed E-state index contributed by atoms with van der Waals surface area (Å²) in [6, 6.07) is -0.221. The van der Waals surface area contributed by atoms with Crippen LogP contribution in [0.5, 0.6) is 0 Å². The Labute approximate surface area is 95.4 Å². The van der Waals surface area contributed by atoms with Gasteiger partial charge in [-0.25, -0.2) is 4.79 Å². The molecule has 0 aromatic heterocycles. The van der Waals surface area contributed by atoms with E-state index >= 15 is 0 Å². The van der Waals surface area contributed by atoms with Crippen LogP contribution in [0.1, 0.15) is 13.3 Å². The first-order valence-electron chi connectivity index (χ1n) is 3.86. The van der Waals surface area contributed by atoms with E-state index in [2.05, 4.69) is 29.3 Å². The van der Waals surface area contributed by atoms with Crippen LogP contribution in [0.15, 0.2) is 0 Å². The van der Waals surface area contributed by atoms with Crippen LogP contribution < -0.4 is 5.32 Å². The van der Waals surface area contributed by atoms with E-state index in [9.17, 15) is 4.79 Å². The Bertz CT molecular complexity index is 138. The quantitative estimate of drug-likeness (QED) is 0.423. The number of thiol groups is 1. The summed E-state index contributed by atoms with van der Waals surface area (Å²) in [6.07, 6.45) is 0.786. The molecule has 0 saturated heterocycles. The molecule has 0 aliphatic heterocycles. The minimum Gasteiger partial charge on any atom is -0.393 e. The summed E-state index contributed by atoms with van der Waals surface area (Å²) in [5, 5.41) is 2.87. The van der Waals surface area contributed by atoms with Gasteiger partial charge in [0.1, 0.15) is 6.04 Å². The van der Waals surface area contributed by atoms with Crippen LogP contribution in [0.3, 0.4) is 0 Å². The highest BCUT2D eigenvalue weighted by molar-refractivity contribution is 7.99. The molecular formula is C7H16ClNO2S2. The molecule has 0 saturated carbocycles. The largest absolute Gasteiger partial charge is 0.393 e. The molecule has 3 nitrogen and oxygen atoms in total. The van der Waals surface area contributed by atoms with Gasteiger partial charge in [-0.05, 0) is 25.0 Å². The van der Waals surface area contributed by atoms with Gasteiger partial charge in [0.15, 0.2) is 0 Å². The zero-order chi connectivity index (χ0) is 9.40. The van der Waals surface area contributed by atoms with Crippen molar-refractivity contribution in [3.05, 3.63) is 0 Å². The lowest BCUT2D eigenvalue weighted by Crippen LogP contribution is -2.34. The molecule has 0 bridgehead atoms. The number of thioether (sulfide) groups is 1. The molecule has 0 fully saturated rings. The fourth-order valence-corrected chi connectivity index (χ4v) is 1.61. The monoisotopic (exact) mass is 245 g/mol. The predicted molar refractivity (Wildman–Crippen MR) is 62.8 cm³/mol. The highest BCUT2D eigenvalue weighted by Crippen LogP contribution is 2.05. The van der Waals surface area contributed by atoms with Crippen LogP contribution in [0.25, 0.3) is 0 Å². The van der Waals surface area contributed by atoms with Crippen molar-refractivity contribution in [3.63, 3.8) is 0 Å². The fraction of sp³-hybridized carbons (Fsp3) is 0.857. The summed E-state index contributed by atoms with van der Waals surface area (Å²) < 4.78 is 4.32. The maximum absolute atomic E-state index is 11.0. The second-order valence-electron chi connectivity index (χ2n) is 2.24. The van der Waals surface area contributed by atoms with Gasteiger partial charge in [-0.1, -0.05) is 6.92 Å². The van der Waals surface area contributed by atoms with Gasteiger partial charge in [-0.3, -0.25) is 0 Å². The molecule has 0 aromatic carbocycles. The summed E-state index contributed by atoms with van der Waals surface area (Å²) in [5.41, 5.74) is 0. The molecular weight excluding hydrogens is 230 g/mol. The smallest absolute Gasteiger partial charge is 0.334 e. The summed E-state index contributed by atoms with van der Waals surface area (Å²) >= 11 is 5.26. The highest BCUT2D eigenvalue weighted by Gasteiger charge is 2.16. The second kappa shape index (κ2) is 10.5. The van der Waals surface area contributed by atoms with Crippen molar-refractivity contribution in [1.29, 1.82) is 0 Å². The molecule has 0 spiro atoms. The maximum Gasteiger partial charge on any atom is 0.334 e. The molecule has 0 aliphatic rings. The summed E-state index contributed by atoms with van der Waals surface area (Å²) in [6.45, 7) is 2.09. The molecule has 0 aliphatic carbocycles. The van der Waals surface area contributed by atoms with Crippen molar-refractivity contribution in [3.8, 4) is 0 Å². The van der Waals surface area contributed by atoms with E-state index in [0.717, 1.165) is 17.9 Å². The van der Waals surface area contributed by atoms with Crippen molar-refractivity contribution in [2.24, 2.45) is 0 Å². The summed E-state index contributed by atoms with van der Waals surface area (Å²) in [7, 11) is 1.74. The molecule has 13 heavy (non-hydrogen) atoms. The molecule has 0 aromatic rings. The number of likely N-dealkylation sites (N-methyl/N-ethyl adjacent to an activating group) is 1. The van der Waals surface area contributed by atoms with E-state index in [1.165, 1.54) is 0 Å². The average molecular weight is 246 g/mol. The third kappa shape index (κ3) is 7.49. The number of carbonyl (C=O) groups is 1. The van der Waals surface area contributed by atoms with Gasteiger partial charge >= 0.3 is 5.97 Å². The lowest BCUT2D eigenvalue weighted by atomic mass is 10.2. The number of hydrogen-bond acceptors (Lipinski definition) is 5. The van der Waals surface area contributed by atoms with Crippen LogP contribution in [0.4, 0.5) is 0 Å². The van der Waals surface area contributed by atoms with E-state index < -0.39 is 0 Å². The van der Waals surface area contributed by atoms with Crippen LogP contribution in [-0.4, -0.2) is 30.6 Å². The fourth-order valence-electron chi connectivity index (χ4n) is 0.789. The second-order valence-corrected chi connectivity index (χ2v) is 3.81. The number of nitrogens with one attached hydrogen (secondary N) is 1. The van der Waals surface area contributed by atoms with E-state index in [1.807, 2.05) is 0 Å². The minimum absolute atomic E-state index is 0. The van der Waals surface area contributed by atoms with Crippen molar-refractivity contribution >= 4 is 43.0 Å². The Hall–Kier alpha value is 0.420. The SMILES string of the molecule is CCSCC[C@H](NC)C(=O)OS.Cl. The van der Waals surface area contributed by atoms with Crippen LogP contribution in [0, 0.1) is 0 Å². The molecule has 0 rings (SSSR count). The molecule has 0 unspecified atom stereocenters. The third-order valence-corrected chi connectivity index (χ3v) is 2.59.